The first-order chi connectivity index (χ1) is 12.9. The summed E-state index contributed by atoms with van der Waals surface area (Å²) in [7, 11) is -3.01. The van der Waals surface area contributed by atoms with Crippen LogP contribution in [0.2, 0.25) is 0 Å². The van der Waals surface area contributed by atoms with Crippen LogP contribution >= 0.6 is 0 Å². The molecule has 0 aliphatic heterocycles. The van der Waals surface area contributed by atoms with Gasteiger partial charge in [0.25, 0.3) is 0 Å². The third kappa shape index (κ3) is 6.63. The van der Waals surface area contributed by atoms with Gasteiger partial charge in [-0.3, -0.25) is 4.79 Å². The molecule has 0 radical (unpaired) electrons. The minimum Gasteiger partial charge on any atom is -0.494 e. The molecule has 27 heavy (non-hydrogen) atoms. The molecule has 1 aromatic carbocycles. The summed E-state index contributed by atoms with van der Waals surface area (Å²) in [6, 6.07) is 7.79. The lowest BCUT2D eigenvalue weighted by molar-refractivity contribution is -0.123. The number of hydrogen-bond donors (Lipinski definition) is 0. The molecular formula is C22H34O4S. The fourth-order valence-corrected chi connectivity index (χ4v) is 5.54. The molecule has 0 aromatic heterocycles. The predicted octanol–water partition coefficient (Wildman–Crippen LogP) is 4.61. The minimum absolute atomic E-state index is 0.0627. The van der Waals surface area contributed by atoms with Gasteiger partial charge in [0.2, 0.25) is 0 Å². The van der Waals surface area contributed by atoms with E-state index in [2.05, 4.69) is 6.92 Å². The summed E-state index contributed by atoms with van der Waals surface area (Å²) in [6.45, 7) is 6.46. The van der Waals surface area contributed by atoms with Gasteiger partial charge in [0.15, 0.2) is 9.84 Å². The van der Waals surface area contributed by atoms with Crippen LogP contribution in [-0.4, -0.2) is 31.8 Å². The quantitative estimate of drug-likeness (QED) is 0.581. The van der Waals surface area contributed by atoms with Crippen LogP contribution in [0.25, 0.3) is 0 Å². The zero-order valence-electron chi connectivity index (χ0n) is 16.9. The Labute approximate surface area is 164 Å². The van der Waals surface area contributed by atoms with Crippen molar-refractivity contribution in [2.24, 2.45) is 11.8 Å². The van der Waals surface area contributed by atoms with Crippen LogP contribution in [0.15, 0.2) is 24.3 Å². The summed E-state index contributed by atoms with van der Waals surface area (Å²) in [6.07, 6.45) is 5.36. The van der Waals surface area contributed by atoms with Crippen molar-refractivity contribution in [1.82, 2.24) is 0 Å². The largest absolute Gasteiger partial charge is 0.494 e. The van der Waals surface area contributed by atoms with Crippen LogP contribution in [0.1, 0.15) is 64.9 Å². The highest BCUT2D eigenvalue weighted by Crippen LogP contribution is 2.32. The molecule has 0 spiro atoms. The van der Waals surface area contributed by atoms with E-state index >= 15 is 0 Å². The van der Waals surface area contributed by atoms with Gasteiger partial charge in [-0.15, -0.1) is 0 Å². The van der Waals surface area contributed by atoms with Crippen LogP contribution in [0.4, 0.5) is 0 Å². The van der Waals surface area contributed by atoms with E-state index in [-0.39, 0.29) is 28.6 Å². The number of carbonyl (C=O) groups is 1. The van der Waals surface area contributed by atoms with E-state index in [9.17, 15) is 13.2 Å². The van der Waals surface area contributed by atoms with E-state index < -0.39 is 9.84 Å². The molecule has 1 aromatic rings. The first-order valence-corrected chi connectivity index (χ1v) is 12.0. The predicted molar refractivity (Wildman–Crippen MR) is 110 cm³/mol. The summed E-state index contributed by atoms with van der Waals surface area (Å²) in [4.78, 5) is 12.7. The average Bonchev–Trinajstić information content (AvgIpc) is 2.66. The molecule has 5 heteroatoms. The Morgan fingerprint density at radius 2 is 1.89 bits per heavy atom. The van der Waals surface area contributed by atoms with E-state index in [0.717, 1.165) is 43.4 Å². The van der Waals surface area contributed by atoms with Gasteiger partial charge in [0.05, 0.1) is 17.6 Å². The maximum absolute atomic E-state index is 12.7. The Hall–Kier alpha value is -1.36. The van der Waals surface area contributed by atoms with Crippen LogP contribution in [0, 0.1) is 11.8 Å². The maximum Gasteiger partial charge on any atom is 0.153 e. The monoisotopic (exact) mass is 394 g/mol. The molecule has 0 heterocycles. The Morgan fingerprint density at radius 1 is 1.19 bits per heavy atom. The molecule has 1 fully saturated rings. The molecule has 1 unspecified atom stereocenters. The average molecular weight is 395 g/mol. The normalized spacial score (nSPS) is 21.6. The van der Waals surface area contributed by atoms with E-state index in [0.29, 0.717) is 19.4 Å². The van der Waals surface area contributed by atoms with Crippen LogP contribution in [0.3, 0.4) is 0 Å². The summed E-state index contributed by atoms with van der Waals surface area (Å²) >= 11 is 0. The minimum atomic E-state index is -3.01. The number of carbonyl (C=O) groups excluding carboxylic acids is 1. The van der Waals surface area contributed by atoms with E-state index in [4.69, 9.17) is 4.74 Å². The molecule has 0 N–H and O–H groups in total. The molecule has 1 aliphatic carbocycles. The fraction of sp³-hybridized carbons (Fsp3) is 0.682. The smallest absolute Gasteiger partial charge is 0.153 e. The second-order valence-corrected chi connectivity index (χ2v) is 10.4. The molecule has 0 amide bonds. The van der Waals surface area contributed by atoms with Crippen LogP contribution < -0.4 is 4.74 Å². The second-order valence-electron chi connectivity index (χ2n) is 7.90. The van der Waals surface area contributed by atoms with Crippen LogP contribution in [0.5, 0.6) is 5.75 Å². The third-order valence-corrected chi connectivity index (χ3v) is 8.20. The summed E-state index contributed by atoms with van der Waals surface area (Å²) in [5.74, 6) is 1.64. The van der Waals surface area contributed by atoms with E-state index in [1.165, 1.54) is 0 Å². The molecule has 1 saturated carbocycles. The van der Waals surface area contributed by atoms with Gasteiger partial charge in [-0.1, -0.05) is 26.0 Å². The number of rotatable bonds is 10. The number of Topliss-reactive ketones (excluding diaryl/α,β-unsaturated/α-hetero) is 1. The maximum atomic E-state index is 12.7. The van der Waals surface area contributed by atoms with E-state index in [1.54, 1.807) is 6.92 Å². The van der Waals surface area contributed by atoms with Crippen molar-refractivity contribution in [3.63, 3.8) is 0 Å². The number of benzene rings is 1. The lowest BCUT2D eigenvalue weighted by atomic mass is 9.79. The molecule has 152 valence electrons. The highest BCUT2D eigenvalue weighted by Gasteiger charge is 2.30. The standard InChI is InChI=1S/C22H34O4S/c1-4-13-26-21-8-6-7-19(14-21)15-22(23)20-11-9-18(10-12-20)16-27(24,25)17(3)5-2/h6-8,14,17-18,20H,4-5,9-13,15-16H2,1-3H3. The molecule has 1 aliphatic rings. The van der Waals surface area contributed by atoms with Crippen molar-refractivity contribution in [2.75, 3.05) is 12.4 Å². The Morgan fingerprint density at radius 3 is 2.52 bits per heavy atom. The van der Waals surface area contributed by atoms with Crippen LogP contribution in [-0.2, 0) is 21.1 Å². The Bertz CT molecular complexity index is 703. The molecule has 4 nitrogen and oxygen atoms in total. The SMILES string of the molecule is CCCOc1cccc(CC(=O)C2CCC(CS(=O)(=O)C(C)CC)CC2)c1. The van der Waals surface area contributed by atoms with E-state index in [1.807, 2.05) is 31.2 Å². The highest BCUT2D eigenvalue weighted by atomic mass is 32.2. The zero-order valence-corrected chi connectivity index (χ0v) is 17.8. The molecular weight excluding hydrogens is 360 g/mol. The van der Waals surface area contributed by atoms with Gasteiger partial charge in [0.1, 0.15) is 11.5 Å². The van der Waals surface area contributed by atoms with Crippen molar-refractivity contribution in [3.8, 4) is 5.75 Å². The van der Waals surface area contributed by atoms with Gasteiger partial charge in [-0.2, -0.15) is 0 Å². The number of sulfone groups is 1. The molecule has 0 bridgehead atoms. The number of hydrogen-bond acceptors (Lipinski definition) is 4. The van der Waals surface area contributed by atoms with Crippen molar-refractivity contribution in [1.29, 1.82) is 0 Å². The van der Waals surface area contributed by atoms with Gasteiger partial charge in [-0.05, 0) is 69.1 Å². The first-order valence-electron chi connectivity index (χ1n) is 10.3. The summed E-state index contributed by atoms with van der Waals surface area (Å²) in [5, 5.41) is -0.265. The number of ether oxygens (including phenoxy) is 1. The second kappa shape index (κ2) is 10.3. The topological polar surface area (TPSA) is 60.4 Å². The molecule has 2 rings (SSSR count). The zero-order chi connectivity index (χ0) is 19.9. The number of ketones is 1. The van der Waals surface area contributed by atoms with Gasteiger partial charge < -0.3 is 4.74 Å². The van der Waals surface area contributed by atoms with Gasteiger partial charge >= 0.3 is 0 Å². The fourth-order valence-electron chi connectivity index (χ4n) is 3.71. The highest BCUT2D eigenvalue weighted by molar-refractivity contribution is 7.92. The van der Waals surface area contributed by atoms with Gasteiger partial charge in [0, 0.05) is 12.3 Å². The van der Waals surface area contributed by atoms with Crippen molar-refractivity contribution in [2.45, 2.75) is 71.0 Å². The molecule has 1 atom stereocenters. The van der Waals surface area contributed by atoms with Gasteiger partial charge in [-0.25, -0.2) is 8.42 Å². The van der Waals surface area contributed by atoms with Crippen molar-refractivity contribution < 1.29 is 17.9 Å². The lowest BCUT2D eigenvalue weighted by Crippen LogP contribution is -2.30. The third-order valence-electron chi connectivity index (χ3n) is 5.71. The van der Waals surface area contributed by atoms with Crippen molar-refractivity contribution in [3.05, 3.63) is 29.8 Å². The molecule has 0 saturated heterocycles. The van der Waals surface area contributed by atoms with Crippen molar-refractivity contribution >= 4 is 15.6 Å². The summed E-state index contributed by atoms with van der Waals surface area (Å²) < 4.78 is 30.3. The summed E-state index contributed by atoms with van der Waals surface area (Å²) in [5.41, 5.74) is 0.995. The lowest BCUT2D eigenvalue weighted by Gasteiger charge is -2.28. The first kappa shape index (κ1) is 21.9. The Balaban J connectivity index is 1.84. The Kier molecular flexibility index (Phi) is 8.33.